The minimum Gasteiger partial charge on any atom is -0.493 e. The number of rotatable bonds is 4. The van der Waals surface area contributed by atoms with E-state index in [2.05, 4.69) is 16.0 Å². The molecule has 0 amide bonds. The Hall–Kier alpha value is -2.30. The maximum atomic E-state index is 5.88. The Morgan fingerprint density at radius 2 is 2.14 bits per heavy atom. The first-order valence-corrected chi connectivity index (χ1v) is 6.94. The monoisotopic (exact) mass is 286 g/mol. The summed E-state index contributed by atoms with van der Waals surface area (Å²) in [5.41, 5.74) is 1.17. The van der Waals surface area contributed by atoms with Crippen LogP contribution >= 0.6 is 0 Å². The van der Waals surface area contributed by atoms with Crippen molar-refractivity contribution in [3.63, 3.8) is 0 Å². The fourth-order valence-corrected chi connectivity index (χ4v) is 2.60. The molecule has 5 nitrogen and oxygen atoms in total. The highest BCUT2D eigenvalue weighted by molar-refractivity contribution is 5.47. The number of methoxy groups -OCH3 is 2. The summed E-state index contributed by atoms with van der Waals surface area (Å²) in [5, 5.41) is 0. The van der Waals surface area contributed by atoms with Gasteiger partial charge in [-0.25, -0.2) is 4.98 Å². The van der Waals surface area contributed by atoms with Gasteiger partial charge in [-0.1, -0.05) is 12.1 Å². The van der Waals surface area contributed by atoms with Crippen molar-refractivity contribution in [2.45, 2.75) is 12.8 Å². The van der Waals surface area contributed by atoms with E-state index in [1.165, 1.54) is 5.56 Å². The van der Waals surface area contributed by atoms with E-state index in [0.29, 0.717) is 18.4 Å². The molecule has 1 aliphatic heterocycles. The van der Waals surface area contributed by atoms with Gasteiger partial charge in [0.1, 0.15) is 5.82 Å². The van der Waals surface area contributed by atoms with Gasteiger partial charge in [0.25, 0.3) is 0 Å². The highest BCUT2D eigenvalue weighted by Gasteiger charge is 2.23. The molecule has 110 valence electrons. The van der Waals surface area contributed by atoms with E-state index in [4.69, 9.17) is 14.2 Å². The molecule has 21 heavy (non-hydrogen) atoms. The van der Waals surface area contributed by atoms with Gasteiger partial charge >= 0.3 is 0 Å². The average molecular weight is 286 g/mol. The van der Waals surface area contributed by atoms with Gasteiger partial charge in [0.2, 0.25) is 5.88 Å². The summed E-state index contributed by atoms with van der Waals surface area (Å²) in [6.45, 7) is 0.647. The molecule has 0 spiro atoms. The molecule has 0 aliphatic carbocycles. The Morgan fingerprint density at radius 3 is 2.95 bits per heavy atom. The van der Waals surface area contributed by atoms with Crippen LogP contribution in [0, 0.1) is 5.92 Å². The Morgan fingerprint density at radius 1 is 1.24 bits per heavy atom. The minimum absolute atomic E-state index is 0.358. The Kier molecular flexibility index (Phi) is 3.90. The van der Waals surface area contributed by atoms with Gasteiger partial charge in [0.05, 0.1) is 20.8 Å². The SMILES string of the molecule is COc1ccnc(CC2COc3c(cccc3OC)C2)n1. The Bertz CT molecular complexity index is 631. The summed E-state index contributed by atoms with van der Waals surface area (Å²) in [7, 11) is 3.27. The maximum Gasteiger partial charge on any atom is 0.216 e. The van der Waals surface area contributed by atoms with Crippen LogP contribution in [-0.2, 0) is 12.8 Å². The predicted molar refractivity (Wildman–Crippen MR) is 78.0 cm³/mol. The van der Waals surface area contributed by atoms with E-state index in [9.17, 15) is 0 Å². The van der Waals surface area contributed by atoms with Gasteiger partial charge in [-0.3, -0.25) is 0 Å². The molecule has 0 bridgehead atoms. The van der Waals surface area contributed by atoms with Crippen LogP contribution in [-0.4, -0.2) is 30.8 Å². The maximum absolute atomic E-state index is 5.88. The molecule has 1 atom stereocenters. The first-order valence-electron chi connectivity index (χ1n) is 6.94. The number of benzene rings is 1. The summed E-state index contributed by atoms with van der Waals surface area (Å²) in [4.78, 5) is 8.66. The van der Waals surface area contributed by atoms with E-state index >= 15 is 0 Å². The highest BCUT2D eigenvalue weighted by Crippen LogP contribution is 2.36. The quantitative estimate of drug-likeness (QED) is 0.863. The Labute approximate surface area is 123 Å². The normalized spacial score (nSPS) is 16.8. The molecule has 1 aliphatic rings. The van der Waals surface area contributed by atoms with Crippen LogP contribution in [0.1, 0.15) is 11.4 Å². The van der Waals surface area contributed by atoms with E-state index < -0.39 is 0 Å². The number of aromatic nitrogens is 2. The molecule has 0 saturated heterocycles. The highest BCUT2D eigenvalue weighted by atomic mass is 16.5. The van der Waals surface area contributed by atoms with Crippen molar-refractivity contribution < 1.29 is 14.2 Å². The number of fused-ring (bicyclic) bond motifs is 1. The standard InChI is InChI=1S/C16H18N2O3/c1-19-13-5-3-4-12-8-11(10-21-16(12)13)9-14-17-7-6-15(18-14)20-2/h3-7,11H,8-10H2,1-2H3. The lowest BCUT2D eigenvalue weighted by Gasteiger charge is -2.26. The number of ether oxygens (including phenoxy) is 3. The molecule has 0 fully saturated rings. The summed E-state index contributed by atoms with van der Waals surface area (Å²) in [6.07, 6.45) is 3.43. The van der Waals surface area contributed by atoms with Crippen molar-refractivity contribution in [1.82, 2.24) is 9.97 Å². The molecular weight excluding hydrogens is 268 g/mol. The average Bonchev–Trinajstić information content (AvgIpc) is 2.54. The van der Waals surface area contributed by atoms with Crippen LogP contribution in [0.3, 0.4) is 0 Å². The molecule has 2 heterocycles. The molecule has 0 N–H and O–H groups in total. The summed E-state index contributed by atoms with van der Waals surface area (Å²) >= 11 is 0. The first-order chi connectivity index (χ1) is 10.3. The van der Waals surface area contributed by atoms with Crippen LogP contribution in [0.15, 0.2) is 30.5 Å². The van der Waals surface area contributed by atoms with Crippen molar-refractivity contribution in [2.24, 2.45) is 5.92 Å². The minimum atomic E-state index is 0.358. The van der Waals surface area contributed by atoms with Crippen LogP contribution in [0.2, 0.25) is 0 Å². The fraction of sp³-hybridized carbons (Fsp3) is 0.375. The van der Waals surface area contributed by atoms with E-state index in [1.54, 1.807) is 26.5 Å². The number of hydrogen-bond acceptors (Lipinski definition) is 5. The molecule has 0 saturated carbocycles. The van der Waals surface area contributed by atoms with Crippen molar-refractivity contribution >= 4 is 0 Å². The third-order valence-corrected chi connectivity index (χ3v) is 3.61. The molecule has 1 unspecified atom stereocenters. The third-order valence-electron chi connectivity index (χ3n) is 3.61. The number of nitrogens with zero attached hydrogens (tertiary/aromatic N) is 2. The fourth-order valence-electron chi connectivity index (χ4n) is 2.60. The predicted octanol–water partition coefficient (Wildman–Crippen LogP) is 2.29. The second-order valence-electron chi connectivity index (χ2n) is 5.05. The van der Waals surface area contributed by atoms with Gasteiger partial charge in [-0.2, -0.15) is 4.98 Å². The van der Waals surface area contributed by atoms with Crippen LogP contribution in [0.5, 0.6) is 17.4 Å². The molecule has 3 rings (SSSR count). The zero-order chi connectivity index (χ0) is 14.7. The van der Waals surface area contributed by atoms with Crippen LogP contribution < -0.4 is 14.2 Å². The third kappa shape index (κ3) is 2.91. The molecule has 1 aromatic heterocycles. The van der Waals surface area contributed by atoms with Crippen molar-refractivity contribution in [3.05, 3.63) is 41.9 Å². The van der Waals surface area contributed by atoms with Crippen molar-refractivity contribution in [1.29, 1.82) is 0 Å². The molecule has 1 aromatic carbocycles. The molecule has 2 aromatic rings. The van der Waals surface area contributed by atoms with E-state index in [1.807, 2.05) is 12.1 Å². The summed E-state index contributed by atoms with van der Waals surface area (Å²) in [6, 6.07) is 7.74. The van der Waals surface area contributed by atoms with Crippen LogP contribution in [0.4, 0.5) is 0 Å². The van der Waals surface area contributed by atoms with Gasteiger partial charge in [0, 0.05) is 24.6 Å². The first kappa shape index (κ1) is 13.7. The van der Waals surface area contributed by atoms with Crippen molar-refractivity contribution in [2.75, 3.05) is 20.8 Å². The molecule has 5 heteroatoms. The zero-order valence-corrected chi connectivity index (χ0v) is 12.2. The molecular formula is C16H18N2O3. The zero-order valence-electron chi connectivity index (χ0n) is 12.2. The molecule has 0 radical (unpaired) electrons. The second-order valence-corrected chi connectivity index (χ2v) is 5.05. The Balaban J connectivity index is 1.74. The number of hydrogen-bond donors (Lipinski definition) is 0. The van der Waals surface area contributed by atoms with Gasteiger partial charge in [-0.05, 0) is 18.1 Å². The largest absolute Gasteiger partial charge is 0.493 e. The van der Waals surface area contributed by atoms with Crippen LogP contribution in [0.25, 0.3) is 0 Å². The lowest BCUT2D eigenvalue weighted by atomic mass is 9.93. The van der Waals surface area contributed by atoms with E-state index in [0.717, 1.165) is 30.2 Å². The van der Waals surface area contributed by atoms with Gasteiger partial charge in [-0.15, -0.1) is 0 Å². The lowest BCUT2D eigenvalue weighted by Crippen LogP contribution is -2.24. The van der Waals surface area contributed by atoms with E-state index in [-0.39, 0.29) is 0 Å². The summed E-state index contributed by atoms with van der Waals surface area (Å²) < 4.78 is 16.3. The smallest absolute Gasteiger partial charge is 0.216 e. The topological polar surface area (TPSA) is 53.5 Å². The summed E-state index contributed by atoms with van der Waals surface area (Å²) in [5.74, 6) is 3.40. The van der Waals surface area contributed by atoms with Gasteiger partial charge in [0.15, 0.2) is 11.5 Å². The number of para-hydroxylation sites is 1. The van der Waals surface area contributed by atoms with Crippen molar-refractivity contribution in [3.8, 4) is 17.4 Å². The lowest BCUT2D eigenvalue weighted by molar-refractivity contribution is 0.209. The second kappa shape index (κ2) is 5.99. The van der Waals surface area contributed by atoms with Gasteiger partial charge < -0.3 is 14.2 Å².